The van der Waals surface area contributed by atoms with Crippen LogP contribution in [0.1, 0.15) is 11.1 Å². The van der Waals surface area contributed by atoms with Gasteiger partial charge in [0.15, 0.2) is 0 Å². The molecule has 0 saturated carbocycles. The second kappa shape index (κ2) is 8.38. The first kappa shape index (κ1) is 17.1. The van der Waals surface area contributed by atoms with Gasteiger partial charge in [-0.2, -0.15) is 0 Å². The van der Waals surface area contributed by atoms with Gasteiger partial charge in [-0.15, -0.1) is 0 Å². The summed E-state index contributed by atoms with van der Waals surface area (Å²) in [5, 5.41) is 0. The van der Waals surface area contributed by atoms with Gasteiger partial charge >= 0.3 is 0 Å². The van der Waals surface area contributed by atoms with Crippen LogP contribution in [-0.4, -0.2) is 39.6 Å². The van der Waals surface area contributed by atoms with E-state index in [0.29, 0.717) is 13.1 Å². The summed E-state index contributed by atoms with van der Waals surface area (Å²) in [5.41, 5.74) is 2.30. The molecular formula is C17H17AlBrNO2. The van der Waals surface area contributed by atoms with Crippen molar-refractivity contribution in [2.75, 3.05) is 13.7 Å². The molecule has 0 aliphatic rings. The van der Waals surface area contributed by atoms with Crippen LogP contribution in [0.15, 0.2) is 53.0 Å². The number of nitrogens with zero attached hydrogens (tertiary/aromatic N) is 1. The molecule has 2 radical (unpaired) electrons. The summed E-state index contributed by atoms with van der Waals surface area (Å²) < 4.78 is 6.12. The summed E-state index contributed by atoms with van der Waals surface area (Å²) in [6, 6.07) is 16.1. The Morgan fingerprint density at radius 2 is 1.91 bits per heavy atom. The lowest BCUT2D eigenvalue weighted by Gasteiger charge is -2.23. The van der Waals surface area contributed by atoms with Crippen molar-refractivity contribution in [3.8, 4) is 5.75 Å². The Kier molecular flexibility index (Phi) is 6.51. The first-order valence-corrected chi connectivity index (χ1v) is 8.38. The fourth-order valence-electron chi connectivity index (χ4n) is 2.20. The zero-order valence-corrected chi connectivity index (χ0v) is 15.2. The van der Waals surface area contributed by atoms with Crippen molar-refractivity contribution in [3.05, 3.63) is 64.1 Å². The van der Waals surface area contributed by atoms with Crippen molar-refractivity contribution in [2.24, 2.45) is 0 Å². The number of halogens is 1. The maximum atomic E-state index is 11.8. The van der Waals surface area contributed by atoms with Gasteiger partial charge in [0.1, 0.15) is 5.75 Å². The Morgan fingerprint density at radius 3 is 2.50 bits per heavy atom. The predicted molar refractivity (Wildman–Crippen MR) is 92.4 cm³/mol. The molecule has 22 heavy (non-hydrogen) atoms. The van der Waals surface area contributed by atoms with Crippen LogP contribution < -0.4 is 4.74 Å². The number of carbonyl (C=O) groups is 1. The molecule has 0 bridgehead atoms. The van der Waals surface area contributed by atoms with Crippen molar-refractivity contribution >= 4 is 37.0 Å². The maximum absolute atomic E-state index is 11.8. The van der Waals surface area contributed by atoms with Crippen molar-refractivity contribution in [1.29, 1.82) is 0 Å². The zero-order chi connectivity index (χ0) is 15.9. The third kappa shape index (κ3) is 4.88. The molecule has 0 spiro atoms. The standard InChI is InChI=1S/C17H17BrNO2.Al/c1-21-17-8-7-15(11-16(17)18)12-19(13-20)10-9-14-5-3-2-4-6-14;/h2-8,11H,9-10,12H2,1H3;. The van der Waals surface area contributed by atoms with E-state index in [1.54, 1.807) is 7.11 Å². The van der Waals surface area contributed by atoms with Crippen molar-refractivity contribution in [3.63, 3.8) is 0 Å². The molecule has 5 heteroatoms. The van der Waals surface area contributed by atoms with Gasteiger partial charge < -0.3 is 14.4 Å². The number of amides is 1. The average Bonchev–Trinajstić information content (AvgIpc) is 2.52. The van der Waals surface area contributed by atoms with Crippen molar-refractivity contribution in [2.45, 2.75) is 13.0 Å². The number of rotatable bonds is 6. The molecule has 1 amide bonds. The first-order valence-electron chi connectivity index (χ1n) is 7.01. The topological polar surface area (TPSA) is 29.5 Å². The highest BCUT2D eigenvalue weighted by molar-refractivity contribution is 9.10. The van der Waals surface area contributed by atoms with Crippen molar-refractivity contribution in [1.82, 2.24) is 4.90 Å². The Morgan fingerprint density at radius 1 is 1.18 bits per heavy atom. The van der Waals surface area contributed by atoms with Crippen LogP contribution in [0.5, 0.6) is 5.75 Å². The monoisotopic (exact) mass is 373 g/mol. The van der Waals surface area contributed by atoms with Crippen LogP contribution in [0.25, 0.3) is 0 Å². The van der Waals surface area contributed by atoms with E-state index in [0.717, 1.165) is 22.2 Å². The second-order valence-corrected chi connectivity index (χ2v) is 6.31. The van der Waals surface area contributed by atoms with Gasteiger partial charge in [-0.05, 0) is 45.6 Å². The lowest BCUT2D eigenvalue weighted by Crippen LogP contribution is -2.31. The highest BCUT2D eigenvalue weighted by Gasteiger charge is 2.10. The fraction of sp³-hybridized carbons (Fsp3) is 0.235. The van der Waals surface area contributed by atoms with Gasteiger partial charge in [0.2, 0.25) is 0 Å². The van der Waals surface area contributed by atoms with Crippen LogP contribution >= 0.6 is 15.9 Å². The smallest absolute Gasteiger partial charge is 0.281 e. The number of hydrogen-bond donors (Lipinski definition) is 0. The minimum absolute atomic E-state index is 0.00266. The molecule has 0 fully saturated rings. The molecule has 0 unspecified atom stereocenters. The van der Waals surface area contributed by atoms with E-state index in [-0.39, 0.29) is 4.77 Å². The summed E-state index contributed by atoms with van der Waals surface area (Å²) >= 11 is 5.74. The van der Waals surface area contributed by atoms with E-state index in [1.165, 1.54) is 5.56 Å². The Labute approximate surface area is 147 Å². The number of ether oxygens (including phenoxy) is 1. The quantitative estimate of drug-likeness (QED) is 0.720. The van der Waals surface area contributed by atoms with Gasteiger partial charge in [-0.3, -0.25) is 0 Å². The lowest BCUT2D eigenvalue weighted by molar-refractivity contribution is 0.220. The van der Waals surface area contributed by atoms with Gasteiger partial charge in [-0.1, -0.05) is 36.4 Å². The molecule has 0 aliphatic carbocycles. The molecule has 0 N–H and O–H groups in total. The summed E-state index contributed by atoms with van der Waals surface area (Å²) in [6.45, 7) is 1.27. The highest BCUT2D eigenvalue weighted by atomic mass is 79.9. The number of methoxy groups -OCH3 is 1. The fourth-order valence-corrected chi connectivity index (χ4v) is 3.01. The van der Waals surface area contributed by atoms with Gasteiger partial charge in [0.25, 0.3) is 16.3 Å². The number of hydrogen-bond acceptors (Lipinski definition) is 2. The Bertz CT molecular complexity index is 634. The maximum Gasteiger partial charge on any atom is 0.281 e. The molecule has 2 aromatic carbocycles. The minimum Gasteiger partial charge on any atom is -0.496 e. The molecule has 112 valence electrons. The van der Waals surface area contributed by atoms with E-state index in [4.69, 9.17) is 4.74 Å². The molecule has 0 aromatic heterocycles. The van der Waals surface area contributed by atoms with Crippen LogP contribution in [-0.2, 0) is 13.0 Å². The third-order valence-corrected chi connectivity index (χ3v) is 4.40. The van der Waals surface area contributed by atoms with E-state index < -0.39 is 0 Å². The Balaban J connectivity index is 2.02. The van der Waals surface area contributed by atoms with Crippen molar-refractivity contribution < 1.29 is 9.53 Å². The second-order valence-electron chi connectivity index (χ2n) is 4.96. The average molecular weight is 374 g/mol. The third-order valence-electron chi connectivity index (χ3n) is 3.41. The summed E-state index contributed by atoms with van der Waals surface area (Å²) in [4.78, 5) is 13.7. The summed E-state index contributed by atoms with van der Waals surface area (Å²) in [5.74, 6) is 0.789. The van der Waals surface area contributed by atoms with E-state index >= 15 is 0 Å². The zero-order valence-electron chi connectivity index (χ0n) is 12.5. The molecule has 2 rings (SSSR count). The SMILES string of the molecule is COc1ccc(CN(CCc2ccccc2)[C](=O)[Al])cc1Br. The van der Waals surface area contributed by atoms with E-state index in [9.17, 15) is 4.79 Å². The highest BCUT2D eigenvalue weighted by Crippen LogP contribution is 2.26. The molecule has 3 nitrogen and oxygen atoms in total. The summed E-state index contributed by atoms with van der Waals surface area (Å²) in [7, 11) is 1.64. The van der Waals surface area contributed by atoms with Crippen LogP contribution in [0.2, 0.25) is 0 Å². The summed E-state index contributed by atoms with van der Waals surface area (Å²) in [6.07, 6.45) is 0.846. The van der Waals surface area contributed by atoms with E-state index in [1.807, 2.05) is 41.3 Å². The minimum atomic E-state index is 0.00266. The Hall–Kier alpha value is -1.28. The molecule has 2 aromatic rings. The molecule has 0 aliphatic heterocycles. The van der Waals surface area contributed by atoms with Gasteiger partial charge in [0, 0.05) is 13.1 Å². The van der Waals surface area contributed by atoms with Crippen LogP contribution in [0.4, 0.5) is 4.79 Å². The molecule has 0 saturated heterocycles. The van der Waals surface area contributed by atoms with Gasteiger partial charge in [-0.25, -0.2) is 0 Å². The molecular weight excluding hydrogens is 357 g/mol. The largest absolute Gasteiger partial charge is 0.496 e. The van der Waals surface area contributed by atoms with E-state index in [2.05, 4.69) is 44.4 Å². The normalized spacial score (nSPS) is 10.3. The van der Waals surface area contributed by atoms with Crippen LogP contribution in [0.3, 0.4) is 0 Å². The number of carbonyl (C=O) groups excluding carboxylic acids is 1. The van der Waals surface area contributed by atoms with Crippen LogP contribution in [0, 0.1) is 0 Å². The number of benzene rings is 2. The predicted octanol–water partition coefficient (Wildman–Crippen LogP) is 3.79. The van der Waals surface area contributed by atoms with Gasteiger partial charge in [0.05, 0.1) is 16.4 Å². The molecule has 0 atom stereocenters. The lowest BCUT2D eigenvalue weighted by atomic mass is 10.1. The molecule has 0 heterocycles. The first-order chi connectivity index (χ1) is 10.6.